The maximum absolute atomic E-state index is 8.92. The van der Waals surface area contributed by atoms with Crippen LogP contribution < -0.4 is 5.73 Å². The average molecular weight is 237 g/mol. The molecule has 2 rings (SSSR count). The lowest BCUT2D eigenvalue weighted by molar-refractivity contribution is 1.10. The van der Waals surface area contributed by atoms with Crippen molar-refractivity contribution in [2.45, 2.75) is 18.8 Å². The molecule has 13 heavy (non-hydrogen) atoms. The number of nitrogens with two attached hydrogens (primary N) is 1. The van der Waals surface area contributed by atoms with Crippen LogP contribution >= 0.6 is 15.9 Å². The molecule has 1 aromatic carbocycles. The summed E-state index contributed by atoms with van der Waals surface area (Å²) < 4.78 is 0.978. The van der Waals surface area contributed by atoms with Crippen molar-refractivity contribution >= 4 is 21.6 Å². The third kappa shape index (κ3) is 1.54. The second kappa shape index (κ2) is 3.04. The highest BCUT2D eigenvalue weighted by molar-refractivity contribution is 9.10. The van der Waals surface area contributed by atoms with Crippen LogP contribution in [0, 0.1) is 11.3 Å². The summed E-state index contributed by atoms with van der Waals surface area (Å²) in [5, 5.41) is 8.92. The summed E-state index contributed by atoms with van der Waals surface area (Å²) in [6.45, 7) is 0. The highest BCUT2D eigenvalue weighted by Gasteiger charge is 2.28. The Morgan fingerprint density at radius 2 is 2.15 bits per heavy atom. The highest BCUT2D eigenvalue weighted by Crippen LogP contribution is 2.45. The number of nitrogen functional groups attached to an aromatic ring is 1. The topological polar surface area (TPSA) is 49.8 Å². The molecule has 0 atom stereocenters. The molecule has 2 N–H and O–H groups in total. The number of nitrogens with zero attached hydrogens (tertiary/aromatic N) is 1. The molecule has 3 heteroatoms. The van der Waals surface area contributed by atoms with Crippen LogP contribution in [0.1, 0.15) is 29.9 Å². The standard InChI is InChI=1S/C10H9BrN2/c11-9-4-8(13)3-7(5-12)10(9)6-1-2-6/h3-4,6H,1-2,13H2. The summed E-state index contributed by atoms with van der Waals surface area (Å²) in [6, 6.07) is 5.81. The maximum atomic E-state index is 8.92. The largest absolute Gasteiger partial charge is 0.399 e. The van der Waals surface area contributed by atoms with E-state index in [1.54, 1.807) is 6.07 Å². The van der Waals surface area contributed by atoms with Crippen molar-refractivity contribution in [3.63, 3.8) is 0 Å². The third-order valence-corrected chi connectivity index (χ3v) is 2.91. The predicted molar refractivity (Wildman–Crippen MR) is 55.2 cm³/mol. The number of nitriles is 1. The van der Waals surface area contributed by atoms with Gasteiger partial charge < -0.3 is 5.73 Å². The van der Waals surface area contributed by atoms with Gasteiger partial charge in [-0.15, -0.1) is 0 Å². The van der Waals surface area contributed by atoms with E-state index in [-0.39, 0.29) is 0 Å². The van der Waals surface area contributed by atoms with Gasteiger partial charge in [-0.3, -0.25) is 0 Å². The quantitative estimate of drug-likeness (QED) is 0.763. The fraction of sp³-hybridized carbons (Fsp3) is 0.300. The average Bonchev–Trinajstić information content (AvgIpc) is 2.86. The first-order chi connectivity index (χ1) is 6.22. The van der Waals surface area contributed by atoms with Gasteiger partial charge in [0.1, 0.15) is 0 Å². The molecule has 1 aliphatic rings. The lowest BCUT2D eigenvalue weighted by Gasteiger charge is -2.06. The molecule has 1 saturated carbocycles. The first-order valence-corrected chi connectivity index (χ1v) is 5.00. The number of hydrogen-bond acceptors (Lipinski definition) is 2. The van der Waals surface area contributed by atoms with Gasteiger partial charge in [0, 0.05) is 10.2 Å². The summed E-state index contributed by atoms with van der Waals surface area (Å²) in [5.41, 5.74) is 8.14. The van der Waals surface area contributed by atoms with Crippen molar-refractivity contribution in [1.29, 1.82) is 5.26 Å². The van der Waals surface area contributed by atoms with E-state index in [4.69, 9.17) is 11.0 Å². The van der Waals surface area contributed by atoms with Crippen molar-refractivity contribution in [2.24, 2.45) is 0 Å². The van der Waals surface area contributed by atoms with Gasteiger partial charge in [0.05, 0.1) is 11.6 Å². The molecule has 0 radical (unpaired) electrons. The molecular formula is C10H9BrN2. The second-order valence-corrected chi connectivity index (χ2v) is 4.20. The van der Waals surface area contributed by atoms with Crippen LogP contribution in [-0.4, -0.2) is 0 Å². The molecule has 0 aliphatic heterocycles. The lowest BCUT2D eigenvalue weighted by Crippen LogP contribution is -1.93. The van der Waals surface area contributed by atoms with Gasteiger partial charge >= 0.3 is 0 Å². The Kier molecular flexibility index (Phi) is 2.01. The molecular weight excluding hydrogens is 228 g/mol. The van der Waals surface area contributed by atoms with Crippen LogP contribution in [0.25, 0.3) is 0 Å². The Balaban J connectivity index is 2.58. The zero-order chi connectivity index (χ0) is 9.42. The zero-order valence-corrected chi connectivity index (χ0v) is 8.63. The van der Waals surface area contributed by atoms with E-state index in [2.05, 4.69) is 22.0 Å². The molecule has 0 spiro atoms. The van der Waals surface area contributed by atoms with Crippen LogP contribution in [0.15, 0.2) is 16.6 Å². The summed E-state index contributed by atoms with van der Waals surface area (Å²) >= 11 is 3.45. The van der Waals surface area contributed by atoms with Crippen molar-refractivity contribution in [2.75, 3.05) is 5.73 Å². The fourth-order valence-electron chi connectivity index (χ4n) is 1.52. The van der Waals surface area contributed by atoms with E-state index in [1.165, 1.54) is 12.8 Å². The minimum Gasteiger partial charge on any atom is -0.399 e. The van der Waals surface area contributed by atoms with E-state index in [9.17, 15) is 0 Å². The second-order valence-electron chi connectivity index (χ2n) is 3.35. The van der Waals surface area contributed by atoms with Gasteiger partial charge in [0.25, 0.3) is 0 Å². The molecule has 0 unspecified atom stereocenters. The molecule has 0 aromatic heterocycles. The Morgan fingerprint density at radius 3 is 2.69 bits per heavy atom. The lowest BCUT2D eigenvalue weighted by atomic mass is 10.0. The first kappa shape index (κ1) is 8.58. The van der Waals surface area contributed by atoms with Gasteiger partial charge in [-0.05, 0) is 36.5 Å². The molecule has 1 aromatic rings. The summed E-state index contributed by atoms with van der Waals surface area (Å²) in [5.74, 6) is 0.574. The smallest absolute Gasteiger partial charge is 0.0995 e. The zero-order valence-electron chi connectivity index (χ0n) is 7.05. The van der Waals surface area contributed by atoms with Crippen molar-refractivity contribution in [3.05, 3.63) is 27.7 Å². The van der Waals surface area contributed by atoms with Crippen molar-refractivity contribution in [1.82, 2.24) is 0 Å². The minimum absolute atomic E-state index is 0.574. The molecule has 0 saturated heterocycles. The van der Waals surface area contributed by atoms with Gasteiger partial charge in [-0.25, -0.2) is 0 Å². The molecule has 0 amide bonds. The van der Waals surface area contributed by atoms with Crippen LogP contribution in [0.4, 0.5) is 5.69 Å². The van der Waals surface area contributed by atoms with Gasteiger partial charge in [-0.2, -0.15) is 5.26 Å². The molecule has 1 fully saturated rings. The Morgan fingerprint density at radius 1 is 1.46 bits per heavy atom. The van der Waals surface area contributed by atoms with Gasteiger partial charge in [0.2, 0.25) is 0 Å². The van der Waals surface area contributed by atoms with E-state index in [0.29, 0.717) is 11.6 Å². The van der Waals surface area contributed by atoms with E-state index >= 15 is 0 Å². The Hall–Kier alpha value is -1.01. The summed E-state index contributed by atoms with van der Waals surface area (Å²) in [7, 11) is 0. The van der Waals surface area contributed by atoms with Gasteiger partial charge in [-0.1, -0.05) is 15.9 Å². The molecule has 0 heterocycles. The van der Waals surface area contributed by atoms with E-state index in [1.807, 2.05) is 6.07 Å². The van der Waals surface area contributed by atoms with Crippen LogP contribution in [0.5, 0.6) is 0 Å². The fourth-order valence-corrected chi connectivity index (χ4v) is 2.32. The molecule has 66 valence electrons. The van der Waals surface area contributed by atoms with Crippen molar-refractivity contribution in [3.8, 4) is 6.07 Å². The highest BCUT2D eigenvalue weighted by atomic mass is 79.9. The SMILES string of the molecule is N#Cc1cc(N)cc(Br)c1C1CC1. The van der Waals surface area contributed by atoms with Crippen LogP contribution in [0.2, 0.25) is 0 Å². The van der Waals surface area contributed by atoms with Crippen molar-refractivity contribution < 1.29 is 0 Å². The number of hydrogen-bond donors (Lipinski definition) is 1. The Labute approximate surface area is 85.5 Å². The molecule has 1 aliphatic carbocycles. The first-order valence-electron chi connectivity index (χ1n) is 4.21. The number of anilines is 1. The predicted octanol–water partition coefficient (Wildman–Crippen LogP) is 2.78. The van der Waals surface area contributed by atoms with E-state index in [0.717, 1.165) is 15.6 Å². The minimum atomic E-state index is 0.574. The van der Waals surface area contributed by atoms with Crippen LogP contribution in [0.3, 0.4) is 0 Å². The number of halogens is 1. The Bertz CT molecular complexity index is 389. The molecule has 2 nitrogen and oxygen atoms in total. The summed E-state index contributed by atoms with van der Waals surface area (Å²) in [4.78, 5) is 0. The molecule has 0 bridgehead atoms. The summed E-state index contributed by atoms with van der Waals surface area (Å²) in [6.07, 6.45) is 2.38. The number of benzene rings is 1. The maximum Gasteiger partial charge on any atom is 0.0995 e. The van der Waals surface area contributed by atoms with Crippen LogP contribution in [-0.2, 0) is 0 Å². The number of rotatable bonds is 1. The monoisotopic (exact) mass is 236 g/mol. The van der Waals surface area contributed by atoms with E-state index < -0.39 is 0 Å². The third-order valence-electron chi connectivity index (χ3n) is 2.26. The normalized spacial score (nSPS) is 15.4. The van der Waals surface area contributed by atoms with Gasteiger partial charge in [0.15, 0.2) is 0 Å².